The lowest BCUT2D eigenvalue weighted by Gasteiger charge is -2.11. The highest BCUT2D eigenvalue weighted by Gasteiger charge is 2.05. The van der Waals surface area contributed by atoms with Crippen LogP contribution in [0.25, 0.3) is 0 Å². The van der Waals surface area contributed by atoms with Crippen LogP contribution >= 0.6 is 0 Å². The summed E-state index contributed by atoms with van der Waals surface area (Å²) in [4.78, 5) is 0. The van der Waals surface area contributed by atoms with Crippen molar-refractivity contribution >= 4 is 5.69 Å². The second kappa shape index (κ2) is 8.35. The molecule has 0 radical (unpaired) electrons. The van der Waals surface area contributed by atoms with Crippen molar-refractivity contribution in [3.8, 4) is 34.5 Å². The molecule has 29 heavy (non-hydrogen) atoms. The van der Waals surface area contributed by atoms with Gasteiger partial charge in [-0.25, -0.2) is 4.39 Å². The minimum Gasteiger partial charge on any atom is -0.457 e. The van der Waals surface area contributed by atoms with Gasteiger partial charge in [0.1, 0.15) is 40.3 Å². The van der Waals surface area contributed by atoms with E-state index in [1.807, 2.05) is 36.4 Å². The van der Waals surface area contributed by atoms with Crippen LogP contribution in [0.15, 0.2) is 97.1 Å². The zero-order chi connectivity index (χ0) is 20.1. The largest absolute Gasteiger partial charge is 0.457 e. The van der Waals surface area contributed by atoms with Gasteiger partial charge in [-0.05, 0) is 48.5 Å². The van der Waals surface area contributed by atoms with Crippen molar-refractivity contribution < 1.29 is 18.6 Å². The molecule has 0 bridgehead atoms. The number of hydrogen-bond acceptors (Lipinski definition) is 4. The normalized spacial score (nSPS) is 10.4. The SMILES string of the molecule is Nc1cccc(Oc2cccc(Oc3cccc(Oc4cccc(F)c4)c3)c2)c1. The van der Waals surface area contributed by atoms with Crippen LogP contribution in [-0.4, -0.2) is 0 Å². The number of ether oxygens (including phenoxy) is 3. The first-order valence-electron chi connectivity index (χ1n) is 8.99. The maximum absolute atomic E-state index is 13.3. The van der Waals surface area contributed by atoms with E-state index in [2.05, 4.69) is 0 Å². The molecule has 0 fully saturated rings. The molecule has 0 aliphatic heterocycles. The highest BCUT2D eigenvalue weighted by Crippen LogP contribution is 2.31. The van der Waals surface area contributed by atoms with Crippen molar-refractivity contribution in [2.24, 2.45) is 0 Å². The Balaban J connectivity index is 1.48. The molecule has 0 heterocycles. The monoisotopic (exact) mass is 387 g/mol. The van der Waals surface area contributed by atoms with Crippen LogP contribution in [-0.2, 0) is 0 Å². The number of benzene rings is 4. The van der Waals surface area contributed by atoms with Crippen molar-refractivity contribution in [1.82, 2.24) is 0 Å². The molecule has 0 saturated heterocycles. The molecule has 144 valence electrons. The molecular weight excluding hydrogens is 369 g/mol. The summed E-state index contributed by atoms with van der Waals surface area (Å²) in [7, 11) is 0. The molecule has 4 aromatic carbocycles. The van der Waals surface area contributed by atoms with Gasteiger partial charge in [-0.1, -0.05) is 24.3 Å². The molecule has 5 heteroatoms. The maximum atomic E-state index is 13.3. The summed E-state index contributed by atoms with van der Waals surface area (Å²) in [6.45, 7) is 0. The number of halogens is 1. The number of nitrogen functional groups attached to an aromatic ring is 1. The Kier molecular flexibility index (Phi) is 5.29. The number of nitrogens with two attached hydrogens (primary N) is 1. The average molecular weight is 387 g/mol. The van der Waals surface area contributed by atoms with E-state index >= 15 is 0 Å². The molecule has 4 rings (SSSR count). The molecule has 0 aliphatic rings. The van der Waals surface area contributed by atoms with Crippen LogP contribution < -0.4 is 19.9 Å². The van der Waals surface area contributed by atoms with Crippen molar-refractivity contribution in [1.29, 1.82) is 0 Å². The van der Waals surface area contributed by atoms with Crippen LogP contribution in [0.4, 0.5) is 10.1 Å². The van der Waals surface area contributed by atoms with Gasteiger partial charge >= 0.3 is 0 Å². The van der Waals surface area contributed by atoms with Crippen LogP contribution in [0.2, 0.25) is 0 Å². The van der Waals surface area contributed by atoms with Crippen molar-refractivity contribution in [2.75, 3.05) is 5.73 Å². The van der Waals surface area contributed by atoms with Gasteiger partial charge in [0.2, 0.25) is 0 Å². The lowest BCUT2D eigenvalue weighted by atomic mass is 10.3. The van der Waals surface area contributed by atoms with Crippen LogP contribution in [0.3, 0.4) is 0 Å². The zero-order valence-electron chi connectivity index (χ0n) is 15.4. The van der Waals surface area contributed by atoms with Gasteiger partial charge in [-0.3, -0.25) is 0 Å². The summed E-state index contributed by atoms with van der Waals surface area (Å²) in [6.07, 6.45) is 0. The minimum atomic E-state index is -0.355. The second-order valence-corrected chi connectivity index (χ2v) is 6.29. The Bertz CT molecular complexity index is 1040. The molecule has 0 atom stereocenters. The standard InChI is InChI=1S/C24H18FNO3/c25-17-5-1-7-19(13-17)27-21-9-3-11-23(15-21)29-24-12-4-10-22(16-24)28-20-8-2-6-18(26)14-20/h1-16H,26H2. The van der Waals surface area contributed by atoms with Crippen molar-refractivity contribution in [3.63, 3.8) is 0 Å². The Hall–Kier alpha value is -3.99. The maximum Gasteiger partial charge on any atom is 0.131 e. The first-order valence-corrected chi connectivity index (χ1v) is 8.99. The van der Waals surface area contributed by atoms with Gasteiger partial charge in [0.25, 0.3) is 0 Å². The molecule has 4 aromatic rings. The van der Waals surface area contributed by atoms with Gasteiger partial charge in [-0.2, -0.15) is 0 Å². The first kappa shape index (κ1) is 18.4. The number of hydrogen-bond donors (Lipinski definition) is 1. The molecule has 2 N–H and O–H groups in total. The van der Waals surface area contributed by atoms with E-state index in [0.29, 0.717) is 40.2 Å². The van der Waals surface area contributed by atoms with Gasteiger partial charge in [0, 0.05) is 30.0 Å². The highest BCUT2D eigenvalue weighted by atomic mass is 19.1. The van der Waals surface area contributed by atoms with E-state index in [4.69, 9.17) is 19.9 Å². The molecule has 0 amide bonds. The van der Waals surface area contributed by atoms with E-state index < -0.39 is 0 Å². The summed E-state index contributed by atoms with van der Waals surface area (Å²) in [6, 6.07) is 27.6. The fourth-order valence-corrected chi connectivity index (χ4v) is 2.72. The van der Waals surface area contributed by atoms with E-state index in [-0.39, 0.29) is 5.82 Å². The average Bonchev–Trinajstić information content (AvgIpc) is 2.69. The van der Waals surface area contributed by atoms with Gasteiger partial charge in [-0.15, -0.1) is 0 Å². The molecule has 4 nitrogen and oxygen atoms in total. The van der Waals surface area contributed by atoms with Gasteiger partial charge < -0.3 is 19.9 Å². The van der Waals surface area contributed by atoms with Crippen LogP contribution in [0.1, 0.15) is 0 Å². The summed E-state index contributed by atoms with van der Waals surface area (Å²) >= 11 is 0. The van der Waals surface area contributed by atoms with E-state index in [1.165, 1.54) is 12.1 Å². The van der Waals surface area contributed by atoms with Crippen molar-refractivity contribution in [2.45, 2.75) is 0 Å². The number of rotatable bonds is 6. The minimum absolute atomic E-state index is 0.355. The fourth-order valence-electron chi connectivity index (χ4n) is 2.72. The molecule has 0 spiro atoms. The molecule has 0 aromatic heterocycles. The van der Waals surface area contributed by atoms with E-state index in [9.17, 15) is 4.39 Å². The van der Waals surface area contributed by atoms with E-state index in [0.717, 1.165) is 0 Å². The van der Waals surface area contributed by atoms with Crippen LogP contribution in [0, 0.1) is 5.82 Å². The predicted octanol–water partition coefficient (Wildman–Crippen LogP) is 6.78. The quantitative estimate of drug-likeness (QED) is 0.370. The zero-order valence-corrected chi connectivity index (χ0v) is 15.4. The van der Waals surface area contributed by atoms with E-state index in [1.54, 1.807) is 48.5 Å². The lowest BCUT2D eigenvalue weighted by Crippen LogP contribution is -1.90. The molecular formula is C24H18FNO3. The lowest BCUT2D eigenvalue weighted by molar-refractivity contribution is 0.450. The highest BCUT2D eigenvalue weighted by molar-refractivity contribution is 5.46. The number of anilines is 1. The Morgan fingerprint density at radius 1 is 0.483 bits per heavy atom. The summed E-state index contributed by atoms with van der Waals surface area (Å²) in [5, 5.41) is 0. The smallest absolute Gasteiger partial charge is 0.131 e. The summed E-state index contributed by atoms with van der Waals surface area (Å²) in [5.74, 6) is 3.06. The Morgan fingerprint density at radius 2 is 0.862 bits per heavy atom. The van der Waals surface area contributed by atoms with Gasteiger partial charge in [0.15, 0.2) is 0 Å². The molecule has 0 aliphatic carbocycles. The summed E-state index contributed by atoms with van der Waals surface area (Å²) in [5.41, 5.74) is 6.41. The summed E-state index contributed by atoms with van der Waals surface area (Å²) < 4.78 is 30.8. The predicted molar refractivity (Wildman–Crippen MR) is 110 cm³/mol. The fraction of sp³-hybridized carbons (Fsp3) is 0. The first-order chi connectivity index (χ1) is 14.1. The second-order valence-electron chi connectivity index (χ2n) is 6.29. The Morgan fingerprint density at radius 3 is 1.31 bits per heavy atom. The van der Waals surface area contributed by atoms with Crippen LogP contribution in [0.5, 0.6) is 34.5 Å². The third-order valence-electron chi connectivity index (χ3n) is 3.97. The van der Waals surface area contributed by atoms with Gasteiger partial charge in [0.05, 0.1) is 0 Å². The Labute approximate surface area is 167 Å². The third kappa shape index (κ3) is 5.05. The van der Waals surface area contributed by atoms with Crippen molar-refractivity contribution in [3.05, 3.63) is 103 Å². The molecule has 0 saturated carbocycles. The molecule has 0 unspecified atom stereocenters. The topological polar surface area (TPSA) is 53.7 Å². The third-order valence-corrected chi connectivity index (χ3v) is 3.97.